The molecule has 0 heterocycles. The first-order valence-corrected chi connectivity index (χ1v) is 5.71. The second kappa shape index (κ2) is 4.98. The molecule has 2 rings (SSSR count). The molecule has 0 radical (unpaired) electrons. The van der Waals surface area contributed by atoms with Gasteiger partial charge in [-0.25, -0.2) is 0 Å². The van der Waals surface area contributed by atoms with Crippen molar-refractivity contribution in [2.45, 2.75) is 12.5 Å². The maximum Gasteiger partial charge on any atom is 0.105 e. The number of aliphatic hydroxyl groups is 1. The molecule has 0 aromatic heterocycles. The van der Waals surface area contributed by atoms with Gasteiger partial charge in [0, 0.05) is 0 Å². The van der Waals surface area contributed by atoms with E-state index in [0.717, 1.165) is 11.1 Å². The van der Waals surface area contributed by atoms with Gasteiger partial charge in [-0.2, -0.15) is 0 Å². The summed E-state index contributed by atoms with van der Waals surface area (Å²) in [7, 11) is 0. The second-order valence-corrected chi connectivity index (χ2v) is 4.26. The lowest BCUT2D eigenvalue weighted by Crippen LogP contribution is -2.17. The molecule has 0 saturated carbocycles. The van der Waals surface area contributed by atoms with E-state index in [1.54, 1.807) is 6.92 Å². The van der Waals surface area contributed by atoms with E-state index in [0.29, 0.717) is 0 Å². The summed E-state index contributed by atoms with van der Waals surface area (Å²) in [6.45, 7) is 1.79. The van der Waals surface area contributed by atoms with E-state index in [1.165, 1.54) is 0 Å². The molecule has 0 aliphatic carbocycles. The maximum atomic E-state index is 10.4. The average Bonchev–Trinajstić information content (AvgIpc) is 2.39. The van der Waals surface area contributed by atoms with Crippen LogP contribution in [0.25, 0.3) is 6.08 Å². The first-order valence-electron chi connectivity index (χ1n) is 5.71. The van der Waals surface area contributed by atoms with E-state index < -0.39 is 5.60 Å². The summed E-state index contributed by atoms with van der Waals surface area (Å²) < 4.78 is 0. The molecule has 0 amide bonds. The van der Waals surface area contributed by atoms with Crippen molar-refractivity contribution in [3.8, 4) is 0 Å². The van der Waals surface area contributed by atoms with Crippen LogP contribution in [0, 0.1) is 0 Å². The van der Waals surface area contributed by atoms with Gasteiger partial charge < -0.3 is 5.11 Å². The van der Waals surface area contributed by atoms with Crippen LogP contribution in [0.15, 0.2) is 66.7 Å². The SMILES string of the molecule is CC(O)(C=Cc1ccccc1)c1ccccc1. The highest BCUT2D eigenvalue weighted by Crippen LogP contribution is 2.22. The summed E-state index contributed by atoms with van der Waals surface area (Å²) in [5.41, 5.74) is 1.05. The van der Waals surface area contributed by atoms with Crippen molar-refractivity contribution in [3.63, 3.8) is 0 Å². The lowest BCUT2D eigenvalue weighted by Gasteiger charge is -2.19. The minimum absolute atomic E-state index is 0.896. The zero-order valence-electron chi connectivity index (χ0n) is 9.88. The van der Waals surface area contributed by atoms with Gasteiger partial charge in [0.2, 0.25) is 0 Å². The predicted molar refractivity (Wildman–Crippen MR) is 71.5 cm³/mol. The van der Waals surface area contributed by atoms with E-state index in [9.17, 15) is 5.11 Å². The molecule has 1 unspecified atom stereocenters. The fraction of sp³-hybridized carbons (Fsp3) is 0.125. The normalized spacial score (nSPS) is 14.7. The molecule has 0 fully saturated rings. The van der Waals surface area contributed by atoms with Crippen LogP contribution in [0.4, 0.5) is 0 Å². The average molecular weight is 224 g/mol. The summed E-state index contributed by atoms with van der Waals surface area (Å²) in [6, 6.07) is 19.6. The lowest BCUT2D eigenvalue weighted by atomic mass is 9.95. The van der Waals surface area contributed by atoms with Crippen molar-refractivity contribution in [2.75, 3.05) is 0 Å². The zero-order chi connectivity index (χ0) is 12.1. The zero-order valence-corrected chi connectivity index (χ0v) is 9.88. The van der Waals surface area contributed by atoms with Gasteiger partial charge in [-0.1, -0.05) is 66.7 Å². The fourth-order valence-corrected chi connectivity index (χ4v) is 1.69. The van der Waals surface area contributed by atoms with Crippen LogP contribution in [-0.4, -0.2) is 5.11 Å². The Hall–Kier alpha value is -1.86. The largest absolute Gasteiger partial charge is 0.381 e. The summed E-state index contributed by atoms with van der Waals surface area (Å²) >= 11 is 0. The highest BCUT2D eigenvalue weighted by Gasteiger charge is 2.18. The van der Waals surface area contributed by atoms with Crippen LogP contribution in [-0.2, 0) is 5.60 Å². The highest BCUT2D eigenvalue weighted by atomic mass is 16.3. The Kier molecular flexibility index (Phi) is 3.40. The Labute approximate surface area is 102 Å². The van der Waals surface area contributed by atoms with Crippen molar-refractivity contribution >= 4 is 6.08 Å². The van der Waals surface area contributed by atoms with Crippen LogP contribution >= 0.6 is 0 Å². The van der Waals surface area contributed by atoms with Gasteiger partial charge in [0.1, 0.15) is 5.60 Å². The minimum Gasteiger partial charge on any atom is -0.381 e. The molecule has 86 valence electrons. The minimum atomic E-state index is -0.933. The number of hydrogen-bond donors (Lipinski definition) is 1. The molecule has 1 atom stereocenters. The summed E-state index contributed by atoms with van der Waals surface area (Å²) in [6.07, 6.45) is 3.75. The van der Waals surface area contributed by atoms with Crippen molar-refractivity contribution in [2.24, 2.45) is 0 Å². The molecule has 0 aliphatic rings. The van der Waals surface area contributed by atoms with Crippen LogP contribution in [0.2, 0.25) is 0 Å². The van der Waals surface area contributed by atoms with Crippen molar-refractivity contribution < 1.29 is 5.11 Å². The van der Waals surface area contributed by atoms with Gasteiger partial charge in [0.25, 0.3) is 0 Å². The summed E-state index contributed by atoms with van der Waals surface area (Å²) in [4.78, 5) is 0. The van der Waals surface area contributed by atoms with Gasteiger partial charge in [-0.05, 0) is 24.1 Å². The highest BCUT2D eigenvalue weighted by molar-refractivity contribution is 5.51. The molecule has 1 heteroatoms. The topological polar surface area (TPSA) is 20.2 Å². The van der Waals surface area contributed by atoms with Gasteiger partial charge >= 0.3 is 0 Å². The molecule has 1 N–H and O–H groups in total. The third kappa shape index (κ3) is 3.05. The standard InChI is InChI=1S/C16H16O/c1-16(17,15-10-6-3-7-11-15)13-12-14-8-4-2-5-9-14/h2-13,17H,1H3. The second-order valence-electron chi connectivity index (χ2n) is 4.26. The molecule has 0 bridgehead atoms. The smallest absolute Gasteiger partial charge is 0.105 e. The van der Waals surface area contributed by atoms with Crippen LogP contribution in [0.3, 0.4) is 0 Å². The molecule has 0 aliphatic heterocycles. The Morgan fingerprint density at radius 1 is 0.882 bits per heavy atom. The van der Waals surface area contributed by atoms with E-state index >= 15 is 0 Å². The van der Waals surface area contributed by atoms with E-state index in [2.05, 4.69) is 0 Å². The van der Waals surface area contributed by atoms with E-state index in [-0.39, 0.29) is 0 Å². The third-order valence-corrected chi connectivity index (χ3v) is 2.76. The Morgan fingerprint density at radius 2 is 1.41 bits per heavy atom. The van der Waals surface area contributed by atoms with Crippen molar-refractivity contribution in [3.05, 3.63) is 77.9 Å². The molecular weight excluding hydrogens is 208 g/mol. The summed E-state index contributed by atoms with van der Waals surface area (Å²) in [5, 5.41) is 10.4. The number of hydrogen-bond acceptors (Lipinski definition) is 1. The van der Waals surface area contributed by atoms with Gasteiger partial charge in [-0.15, -0.1) is 0 Å². The number of rotatable bonds is 3. The third-order valence-electron chi connectivity index (χ3n) is 2.76. The fourth-order valence-electron chi connectivity index (χ4n) is 1.69. The predicted octanol–water partition coefficient (Wildman–Crippen LogP) is 3.61. The van der Waals surface area contributed by atoms with Crippen LogP contribution in [0.5, 0.6) is 0 Å². The van der Waals surface area contributed by atoms with Gasteiger partial charge in [-0.3, -0.25) is 0 Å². The molecule has 17 heavy (non-hydrogen) atoms. The maximum absolute atomic E-state index is 10.4. The monoisotopic (exact) mass is 224 g/mol. The van der Waals surface area contributed by atoms with Gasteiger partial charge in [0.15, 0.2) is 0 Å². The number of benzene rings is 2. The molecule has 0 saturated heterocycles. The quantitative estimate of drug-likeness (QED) is 0.844. The Bertz CT molecular complexity index is 483. The Balaban J connectivity index is 2.21. The first-order chi connectivity index (χ1) is 8.18. The summed E-state index contributed by atoms with van der Waals surface area (Å²) in [5.74, 6) is 0. The van der Waals surface area contributed by atoms with Gasteiger partial charge in [0.05, 0.1) is 0 Å². The van der Waals surface area contributed by atoms with Crippen molar-refractivity contribution in [1.29, 1.82) is 0 Å². The molecule has 0 spiro atoms. The molecule has 2 aromatic rings. The molecule has 2 aromatic carbocycles. The Morgan fingerprint density at radius 3 is 2.00 bits per heavy atom. The molecular formula is C16H16O. The van der Waals surface area contributed by atoms with E-state index in [1.807, 2.05) is 72.8 Å². The van der Waals surface area contributed by atoms with E-state index in [4.69, 9.17) is 0 Å². The van der Waals surface area contributed by atoms with Crippen molar-refractivity contribution in [1.82, 2.24) is 0 Å². The van der Waals surface area contributed by atoms with Crippen LogP contribution in [0.1, 0.15) is 18.1 Å². The lowest BCUT2D eigenvalue weighted by molar-refractivity contribution is 0.112. The van der Waals surface area contributed by atoms with Crippen LogP contribution < -0.4 is 0 Å². The molecule has 1 nitrogen and oxygen atoms in total. The first kappa shape index (κ1) is 11.6.